The van der Waals surface area contributed by atoms with Crippen LogP contribution >= 0.6 is 0 Å². The summed E-state index contributed by atoms with van der Waals surface area (Å²) in [6.45, 7) is 5.07. The van der Waals surface area contributed by atoms with Crippen LogP contribution in [-0.4, -0.2) is 55.1 Å². The molecule has 0 spiro atoms. The molecule has 2 atom stereocenters. The third-order valence-electron chi connectivity index (χ3n) is 4.02. The molecule has 0 aromatic rings. The van der Waals surface area contributed by atoms with Crippen LogP contribution in [0.25, 0.3) is 0 Å². The van der Waals surface area contributed by atoms with Crippen LogP contribution in [-0.2, 0) is 10.0 Å². The second kappa shape index (κ2) is 5.55. The normalized spacial score (nSPS) is 28.3. The topological polar surface area (TPSA) is 64.4 Å². The van der Waals surface area contributed by atoms with Gasteiger partial charge < -0.3 is 0 Å². The molecule has 0 aliphatic carbocycles. The lowest BCUT2D eigenvalue weighted by Crippen LogP contribution is -2.40. The fourth-order valence-electron chi connectivity index (χ4n) is 2.90. The van der Waals surface area contributed by atoms with Crippen LogP contribution in [0.1, 0.15) is 32.6 Å². The Bertz CT molecular complexity index is 423. The molecule has 5 nitrogen and oxygen atoms in total. The summed E-state index contributed by atoms with van der Waals surface area (Å²) in [6, 6.07) is 2.27. The van der Waals surface area contributed by atoms with E-state index in [4.69, 9.17) is 5.26 Å². The third kappa shape index (κ3) is 2.53. The molecule has 102 valence electrons. The largest absolute Gasteiger partial charge is 0.299 e. The number of nitrogens with zero attached hydrogens (tertiary/aromatic N) is 3. The van der Waals surface area contributed by atoms with Crippen LogP contribution in [0.5, 0.6) is 0 Å². The Morgan fingerprint density at radius 3 is 2.56 bits per heavy atom. The molecule has 0 aromatic carbocycles. The summed E-state index contributed by atoms with van der Waals surface area (Å²) in [5.41, 5.74) is 0. The summed E-state index contributed by atoms with van der Waals surface area (Å²) in [5, 5.41) is 8.05. The molecule has 0 bridgehead atoms. The van der Waals surface area contributed by atoms with Crippen molar-refractivity contribution in [1.29, 1.82) is 5.26 Å². The molecule has 2 saturated heterocycles. The molecular formula is C12H21N3O2S. The van der Waals surface area contributed by atoms with E-state index in [-0.39, 0.29) is 0 Å². The first kappa shape index (κ1) is 13.8. The second-order valence-electron chi connectivity index (χ2n) is 5.11. The second-order valence-corrected chi connectivity index (χ2v) is 7.23. The van der Waals surface area contributed by atoms with E-state index < -0.39 is 15.3 Å². The third-order valence-corrected chi connectivity index (χ3v) is 6.23. The molecule has 2 rings (SSSR count). The molecule has 0 radical (unpaired) electrons. The molecule has 6 heteroatoms. The van der Waals surface area contributed by atoms with E-state index in [1.807, 2.05) is 6.07 Å². The maximum atomic E-state index is 12.2. The predicted octanol–water partition coefficient (Wildman–Crippen LogP) is 0.788. The lowest BCUT2D eigenvalue weighted by Gasteiger charge is -2.24. The monoisotopic (exact) mass is 271 g/mol. The number of rotatable bonds is 4. The number of sulfonamides is 1. The molecular weight excluding hydrogens is 250 g/mol. The smallest absolute Gasteiger partial charge is 0.230 e. The number of hydrogen-bond acceptors (Lipinski definition) is 4. The van der Waals surface area contributed by atoms with Crippen LogP contribution in [0, 0.1) is 11.3 Å². The van der Waals surface area contributed by atoms with Crippen LogP contribution in [0.3, 0.4) is 0 Å². The quantitative estimate of drug-likeness (QED) is 0.758. The fourth-order valence-corrected chi connectivity index (χ4v) is 4.55. The van der Waals surface area contributed by atoms with Gasteiger partial charge in [-0.2, -0.15) is 9.57 Å². The van der Waals surface area contributed by atoms with E-state index in [2.05, 4.69) is 4.90 Å². The summed E-state index contributed by atoms with van der Waals surface area (Å²) >= 11 is 0. The molecule has 2 heterocycles. The van der Waals surface area contributed by atoms with Crippen molar-refractivity contribution in [3.05, 3.63) is 0 Å². The highest BCUT2D eigenvalue weighted by atomic mass is 32.2. The van der Waals surface area contributed by atoms with Gasteiger partial charge in [0.25, 0.3) is 0 Å². The van der Waals surface area contributed by atoms with Gasteiger partial charge in [0.2, 0.25) is 10.0 Å². The summed E-state index contributed by atoms with van der Waals surface area (Å²) in [5.74, 6) is 0. The fraction of sp³-hybridized carbons (Fsp3) is 0.917. The van der Waals surface area contributed by atoms with E-state index in [0.29, 0.717) is 25.6 Å². The molecule has 2 fully saturated rings. The van der Waals surface area contributed by atoms with Crippen molar-refractivity contribution in [2.75, 3.05) is 26.2 Å². The molecule has 18 heavy (non-hydrogen) atoms. The number of nitriles is 1. The molecule has 2 aliphatic rings. The Hall–Kier alpha value is -0.640. The predicted molar refractivity (Wildman–Crippen MR) is 69.4 cm³/mol. The summed E-state index contributed by atoms with van der Waals surface area (Å²) in [4.78, 5) is 2.39. The zero-order chi connectivity index (χ0) is 13.2. The van der Waals surface area contributed by atoms with Crippen molar-refractivity contribution >= 4 is 10.0 Å². The highest BCUT2D eigenvalue weighted by Gasteiger charge is 2.38. The van der Waals surface area contributed by atoms with E-state index >= 15 is 0 Å². The molecule has 2 unspecified atom stereocenters. The van der Waals surface area contributed by atoms with Crippen LogP contribution < -0.4 is 0 Å². The average molecular weight is 271 g/mol. The summed E-state index contributed by atoms with van der Waals surface area (Å²) < 4.78 is 26.0. The number of hydrogen-bond donors (Lipinski definition) is 0. The Labute approximate surface area is 109 Å². The Morgan fingerprint density at radius 1 is 1.33 bits per heavy atom. The van der Waals surface area contributed by atoms with Crippen molar-refractivity contribution in [2.24, 2.45) is 0 Å². The zero-order valence-electron chi connectivity index (χ0n) is 10.9. The average Bonchev–Trinajstić information content (AvgIpc) is 3.01. The minimum atomic E-state index is -3.42. The Kier molecular flexibility index (Phi) is 4.25. The SMILES string of the molecule is CCC(C#N)S(=O)(=O)N1CCC(N2CCCC2)C1. The van der Waals surface area contributed by atoms with Gasteiger partial charge in [-0.05, 0) is 38.8 Å². The van der Waals surface area contributed by atoms with E-state index in [9.17, 15) is 8.42 Å². The van der Waals surface area contributed by atoms with Gasteiger partial charge in [0.1, 0.15) is 0 Å². The minimum absolute atomic E-state index is 0.360. The van der Waals surface area contributed by atoms with E-state index in [0.717, 1.165) is 19.5 Å². The summed E-state index contributed by atoms with van der Waals surface area (Å²) in [7, 11) is -3.42. The van der Waals surface area contributed by atoms with Crippen molar-refractivity contribution < 1.29 is 8.42 Å². The van der Waals surface area contributed by atoms with Crippen molar-refractivity contribution in [2.45, 2.75) is 43.9 Å². The van der Waals surface area contributed by atoms with Crippen molar-refractivity contribution in [3.8, 4) is 6.07 Å². The Morgan fingerprint density at radius 2 is 2.00 bits per heavy atom. The lowest BCUT2D eigenvalue weighted by molar-refractivity contribution is 0.251. The lowest BCUT2D eigenvalue weighted by atomic mass is 10.2. The van der Waals surface area contributed by atoms with Gasteiger partial charge in [0, 0.05) is 19.1 Å². The molecule has 0 amide bonds. The van der Waals surface area contributed by atoms with Gasteiger partial charge >= 0.3 is 0 Å². The highest BCUT2D eigenvalue weighted by molar-refractivity contribution is 7.90. The first-order valence-corrected chi connectivity index (χ1v) is 8.22. The Balaban J connectivity index is 2.02. The van der Waals surface area contributed by atoms with E-state index in [1.54, 1.807) is 6.92 Å². The highest BCUT2D eigenvalue weighted by Crippen LogP contribution is 2.24. The molecule has 0 N–H and O–H groups in total. The first-order valence-electron chi connectivity index (χ1n) is 6.72. The summed E-state index contributed by atoms with van der Waals surface area (Å²) in [6.07, 6.45) is 3.71. The van der Waals surface area contributed by atoms with Gasteiger partial charge in [-0.3, -0.25) is 4.90 Å². The molecule has 2 aliphatic heterocycles. The van der Waals surface area contributed by atoms with Gasteiger partial charge in [0.15, 0.2) is 5.25 Å². The van der Waals surface area contributed by atoms with Gasteiger partial charge in [-0.15, -0.1) is 0 Å². The van der Waals surface area contributed by atoms with Crippen LogP contribution in [0.2, 0.25) is 0 Å². The van der Waals surface area contributed by atoms with Crippen molar-refractivity contribution in [1.82, 2.24) is 9.21 Å². The van der Waals surface area contributed by atoms with Crippen LogP contribution in [0.4, 0.5) is 0 Å². The maximum Gasteiger partial charge on any atom is 0.230 e. The minimum Gasteiger partial charge on any atom is -0.299 e. The maximum absolute atomic E-state index is 12.2. The van der Waals surface area contributed by atoms with Gasteiger partial charge in [-0.25, -0.2) is 8.42 Å². The van der Waals surface area contributed by atoms with Gasteiger partial charge in [0.05, 0.1) is 6.07 Å². The van der Waals surface area contributed by atoms with Gasteiger partial charge in [-0.1, -0.05) is 6.92 Å². The zero-order valence-corrected chi connectivity index (χ0v) is 11.7. The number of likely N-dealkylation sites (tertiary alicyclic amines) is 1. The first-order chi connectivity index (χ1) is 8.59. The van der Waals surface area contributed by atoms with Crippen LogP contribution in [0.15, 0.2) is 0 Å². The molecule has 0 aromatic heterocycles. The standard InChI is InChI=1S/C12H21N3O2S/c1-2-12(9-13)18(16,17)15-8-5-11(10-15)14-6-3-4-7-14/h11-12H,2-8,10H2,1H3. The van der Waals surface area contributed by atoms with Crippen molar-refractivity contribution in [3.63, 3.8) is 0 Å². The molecule has 0 saturated carbocycles. The van der Waals surface area contributed by atoms with E-state index in [1.165, 1.54) is 17.1 Å².